The molecule has 0 bridgehead atoms. The van der Waals surface area contributed by atoms with Crippen LogP contribution in [0.15, 0.2) is 16.9 Å². The maximum atomic E-state index is 13.5. The van der Waals surface area contributed by atoms with Crippen LogP contribution < -0.4 is 5.69 Å². The molecule has 1 heterocycles. The highest BCUT2D eigenvalue weighted by Crippen LogP contribution is 2.21. The smallest absolute Gasteiger partial charge is 0.303 e. The molecule has 0 aliphatic carbocycles. The predicted octanol–water partition coefficient (Wildman–Crippen LogP) is 2.78. The van der Waals surface area contributed by atoms with Gasteiger partial charge in [-0.25, -0.2) is 9.18 Å². The fourth-order valence-corrected chi connectivity index (χ4v) is 1.93. The zero-order valence-corrected chi connectivity index (χ0v) is 9.81. The van der Waals surface area contributed by atoms with Gasteiger partial charge in [-0.15, -0.1) is 0 Å². The number of benzene rings is 1. The summed E-state index contributed by atoms with van der Waals surface area (Å²) in [7, 11) is 0. The van der Waals surface area contributed by atoms with Gasteiger partial charge in [0.2, 0.25) is 0 Å². The molecule has 1 aromatic heterocycles. The average molecular weight is 243 g/mol. The molecule has 3 nitrogen and oxygen atoms in total. The van der Waals surface area contributed by atoms with Crippen LogP contribution in [-0.4, -0.2) is 9.55 Å². The molecule has 2 aromatic rings. The van der Waals surface area contributed by atoms with E-state index in [0.29, 0.717) is 23.0 Å². The molecule has 0 saturated carbocycles. The number of aromatic amines is 1. The molecule has 0 fully saturated rings. The van der Waals surface area contributed by atoms with Crippen LogP contribution in [0.1, 0.15) is 13.8 Å². The van der Waals surface area contributed by atoms with Crippen LogP contribution in [0.4, 0.5) is 4.39 Å². The Labute approximate surface area is 96.8 Å². The van der Waals surface area contributed by atoms with Gasteiger partial charge in [0.15, 0.2) is 0 Å². The van der Waals surface area contributed by atoms with Crippen molar-refractivity contribution in [3.63, 3.8) is 0 Å². The number of rotatable bonds is 2. The van der Waals surface area contributed by atoms with Crippen molar-refractivity contribution in [2.75, 3.05) is 0 Å². The molecular weight excluding hydrogens is 231 g/mol. The number of nitrogens with one attached hydrogen (secondary N) is 1. The second kappa shape index (κ2) is 3.94. The molecule has 0 saturated heterocycles. The maximum absolute atomic E-state index is 13.5. The number of aromatic nitrogens is 2. The summed E-state index contributed by atoms with van der Waals surface area (Å²) in [6.45, 7) is 4.52. The fourth-order valence-electron chi connectivity index (χ4n) is 1.73. The Kier molecular flexibility index (Phi) is 2.76. The largest absolute Gasteiger partial charge is 0.326 e. The molecule has 0 amide bonds. The summed E-state index contributed by atoms with van der Waals surface area (Å²) in [4.78, 5) is 14.1. The summed E-state index contributed by atoms with van der Waals surface area (Å²) in [5.41, 5.74) is 0.434. The lowest BCUT2D eigenvalue weighted by atomic mass is 10.2. The Bertz CT molecular complexity index is 585. The van der Waals surface area contributed by atoms with E-state index in [9.17, 15) is 9.18 Å². The highest BCUT2D eigenvalue weighted by atomic mass is 35.5. The van der Waals surface area contributed by atoms with Gasteiger partial charge in [0.05, 0.1) is 5.52 Å². The second-order valence-corrected chi connectivity index (χ2v) is 4.65. The van der Waals surface area contributed by atoms with Gasteiger partial charge in [0.1, 0.15) is 11.3 Å². The quantitative estimate of drug-likeness (QED) is 0.864. The van der Waals surface area contributed by atoms with E-state index in [1.807, 2.05) is 13.8 Å². The van der Waals surface area contributed by atoms with Crippen molar-refractivity contribution in [1.29, 1.82) is 0 Å². The number of hydrogen-bond acceptors (Lipinski definition) is 1. The van der Waals surface area contributed by atoms with Crippen molar-refractivity contribution >= 4 is 22.6 Å². The Morgan fingerprint density at radius 2 is 2.19 bits per heavy atom. The first-order chi connectivity index (χ1) is 7.49. The van der Waals surface area contributed by atoms with E-state index in [4.69, 9.17) is 11.6 Å². The summed E-state index contributed by atoms with van der Waals surface area (Å²) in [5.74, 6) is -0.194. The third-order valence-electron chi connectivity index (χ3n) is 2.35. The van der Waals surface area contributed by atoms with Crippen LogP contribution in [0.3, 0.4) is 0 Å². The Morgan fingerprint density at radius 3 is 2.81 bits per heavy atom. The van der Waals surface area contributed by atoms with Gasteiger partial charge in [0, 0.05) is 11.6 Å². The van der Waals surface area contributed by atoms with Crippen molar-refractivity contribution in [2.24, 2.45) is 5.92 Å². The standard InChI is InChI=1S/C11H12ClFN2O/c1-6(2)5-15-9-4-7(12)3-8(13)10(9)14-11(15)16/h3-4,6H,5H2,1-2H3,(H,14,16). The summed E-state index contributed by atoms with van der Waals surface area (Å²) in [5, 5.41) is 0.293. The highest BCUT2D eigenvalue weighted by molar-refractivity contribution is 6.31. The van der Waals surface area contributed by atoms with Crippen LogP contribution in [0.25, 0.3) is 11.0 Å². The topological polar surface area (TPSA) is 37.8 Å². The summed E-state index contributed by atoms with van der Waals surface area (Å²) >= 11 is 5.77. The average Bonchev–Trinajstić information content (AvgIpc) is 2.45. The number of imidazole rings is 1. The number of H-pyrrole nitrogens is 1. The third-order valence-corrected chi connectivity index (χ3v) is 2.57. The molecule has 0 spiro atoms. The number of hydrogen-bond donors (Lipinski definition) is 1. The molecule has 1 N–H and O–H groups in total. The van der Waals surface area contributed by atoms with E-state index < -0.39 is 5.82 Å². The number of halogens is 2. The minimum absolute atomic E-state index is 0.218. The minimum Gasteiger partial charge on any atom is -0.303 e. The predicted molar refractivity (Wildman–Crippen MR) is 62.4 cm³/mol. The Morgan fingerprint density at radius 1 is 1.50 bits per heavy atom. The van der Waals surface area contributed by atoms with Gasteiger partial charge in [0.25, 0.3) is 0 Å². The molecule has 0 radical (unpaired) electrons. The molecule has 2 rings (SSSR count). The van der Waals surface area contributed by atoms with Gasteiger partial charge in [-0.1, -0.05) is 25.4 Å². The second-order valence-electron chi connectivity index (χ2n) is 4.22. The number of nitrogens with zero attached hydrogens (tertiary/aromatic N) is 1. The molecule has 1 aromatic carbocycles. The van der Waals surface area contributed by atoms with Crippen LogP contribution in [0, 0.1) is 11.7 Å². The van der Waals surface area contributed by atoms with Crippen LogP contribution in [-0.2, 0) is 6.54 Å². The van der Waals surface area contributed by atoms with Gasteiger partial charge < -0.3 is 4.98 Å². The van der Waals surface area contributed by atoms with Gasteiger partial charge in [-0.2, -0.15) is 0 Å². The van der Waals surface area contributed by atoms with E-state index in [1.54, 1.807) is 6.07 Å². The van der Waals surface area contributed by atoms with Crippen molar-refractivity contribution < 1.29 is 4.39 Å². The van der Waals surface area contributed by atoms with E-state index in [2.05, 4.69) is 4.98 Å². The van der Waals surface area contributed by atoms with Crippen molar-refractivity contribution in [2.45, 2.75) is 20.4 Å². The van der Waals surface area contributed by atoms with Crippen molar-refractivity contribution in [3.05, 3.63) is 33.5 Å². The van der Waals surface area contributed by atoms with E-state index in [0.717, 1.165) is 0 Å². The van der Waals surface area contributed by atoms with Gasteiger partial charge >= 0.3 is 5.69 Å². The molecule has 5 heteroatoms. The molecule has 86 valence electrons. The van der Waals surface area contributed by atoms with E-state index in [-0.39, 0.29) is 11.2 Å². The van der Waals surface area contributed by atoms with E-state index >= 15 is 0 Å². The summed E-state index contributed by atoms with van der Waals surface area (Å²) in [6, 6.07) is 2.79. The molecule has 0 aliphatic heterocycles. The lowest BCUT2D eigenvalue weighted by Gasteiger charge is -2.06. The van der Waals surface area contributed by atoms with Crippen LogP contribution >= 0.6 is 11.6 Å². The lowest BCUT2D eigenvalue weighted by molar-refractivity contribution is 0.522. The maximum Gasteiger partial charge on any atom is 0.326 e. The van der Waals surface area contributed by atoms with Crippen molar-refractivity contribution in [3.8, 4) is 0 Å². The van der Waals surface area contributed by atoms with E-state index in [1.165, 1.54) is 10.6 Å². The SMILES string of the molecule is CC(C)Cn1c(=O)[nH]c2c(F)cc(Cl)cc21. The van der Waals surface area contributed by atoms with Gasteiger partial charge in [-0.05, 0) is 18.1 Å². The molecule has 16 heavy (non-hydrogen) atoms. The molecule has 0 unspecified atom stereocenters. The van der Waals surface area contributed by atoms with Crippen LogP contribution in [0.2, 0.25) is 5.02 Å². The molecule has 0 aliphatic rings. The van der Waals surface area contributed by atoms with Crippen molar-refractivity contribution in [1.82, 2.24) is 9.55 Å². The monoisotopic (exact) mass is 242 g/mol. The van der Waals surface area contributed by atoms with Crippen LogP contribution in [0.5, 0.6) is 0 Å². The third kappa shape index (κ3) is 1.85. The Hall–Kier alpha value is -1.29. The first kappa shape index (κ1) is 11.2. The highest BCUT2D eigenvalue weighted by Gasteiger charge is 2.12. The van der Waals surface area contributed by atoms with Gasteiger partial charge in [-0.3, -0.25) is 4.57 Å². The summed E-state index contributed by atoms with van der Waals surface area (Å²) < 4.78 is 15.0. The summed E-state index contributed by atoms with van der Waals surface area (Å²) in [6.07, 6.45) is 0. The molecular formula is C11H12ClFN2O. The Balaban J connectivity index is 2.73. The zero-order valence-electron chi connectivity index (χ0n) is 9.05. The lowest BCUT2D eigenvalue weighted by Crippen LogP contribution is -2.19. The normalized spacial score (nSPS) is 11.6. The fraction of sp³-hybridized carbons (Fsp3) is 0.364. The molecule has 0 atom stereocenters. The zero-order chi connectivity index (χ0) is 11.9. The first-order valence-electron chi connectivity index (χ1n) is 5.06. The first-order valence-corrected chi connectivity index (χ1v) is 5.44. The number of fused-ring (bicyclic) bond motifs is 1. The minimum atomic E-state index is -0.498.